The van der Waals surface area contributed by atoms with Crippen molar-refractivity contribution in [1.29, 1.82) is 0 Å². The van der Waals surface area contributed by atoms with Gasteiger partial charge in [0.15, 0.2) is 5.82 Å². The zero-order chi connectivity index (χ0) is 11.4. The van der Waals surface area contributed by atoms with E-state index in [0.717, 1.165) is 30.6 Å². The number of hydrogen-bond acceptors (Lipinski definition) is 3. The van der Waals surface area contributed by atoms with Gasteiger partial charge < -0.3 is 10.3 Å². The molecule has 0 fully saturated rings. The van der Waals surface area contributed by atoms with Gasteiger partial charge in [0.05, 0.1) is 0 Å². The second kappa shape index (κ2) is 5.19. The Kier molecular flexibility index (Phi) is 4.18. The molecule has 1 aromatic rings. The van der Waals surface area contributed by atoms with E-state index in [-0.39, 0.29) is 0 Å². The Morgan fingerprint density at radius 3 is 2.47 bits per heavy atom. The molecular formula is C12H22N2O. The minimum absolute atomic E-state index is 0.571. The first kappa shape index (κ1) is 12.1. The van der Waals surface area contributed by atoms with Crippen molar-refractivity contribution >= 4 is 5.82 Å². The van der Waals surface area contributed by atoms with Gasteiger partial charge in [-0.05, 0) is 18.3 Å². The van der Waals surface area contributed by atoms with Crippen molar-refractivity contribution in [2.24, 2.45) is 11.8 Å². The lowest BCUT2D eigenvalue weighted by molar-refractivity contribution is 0.360. The molecule has 0 bridgehead atoms. The van der Waals surface area contributed by atoms with E-state index in [4.69, 9.17) is 10.3 Å². The van der Waals surface area contributed by atoms with Crippen molar-refractivity contribution < 1.29 is 4.52 Å². The quantitative estimate of drug-likeness (QED) is 0.812. The summed E-state index contributed by atoms with van der Waals surface area (Å²) in [5.41, 5.74) is 6.92. The molecule has 2 N–H and O–H groups in total. The molecule has 3 nitrogen and oxygen atoms in total. The lowest BCUT2D eigenvalue weighted by Gasteiger charge is -2.08. The van der Waals surface area contributed by atoms with Crippen LogP contribution in [0.4, 0.5) is 5.82 Å². The predicted octanol–water partition coefficient (Wildman–Crippen LogP) is 3.04. The molecule has 0 aliphatic rings. The molecule has 1 heterocycles. The lowest BCUT2D eigenvalue weighted by atomic mass is 9.97. The van der Waals surface area contributed by atoms with Crippen LogP contribution in [0.25, 0.3) is 0 Å². The third kappa shape index (κ3) is 3.26. The molecule has 3 heteroatoms. The number of nitrogens with zero attached hydrogens (tertiary/aromatic N) is 1. The van der Waals surface area contributed by atoms with Gasteiger partial charge >= 0.3 is 0 Å². The van der Waals surface area contributed by atoms with Crippen LogP contribution in [-0.4, -0.2) is 5.16 Å². The molecule has 86 valence electrons. The number of aromatic nitrogens is 1. The minimum Gasteiger partial charge on any atom is -0.381 e. The maximum Gasteiger partial charge on any atom is 0.170 e. The number of rotatable bonds is 5. The molecule has 1 atom stereocenters. The van der Waals surface area contributed by atoms with E-state index in [1.165, 1.54) is 0 Å². The van der Waals surface area contributed by atoms with Gasteiger partial charge in [-0.15, -0.1) is 0 Å². The molecule has 0 radical (unpaired) electrons. The molecule has 0 spiro atoms. The monoisotopic (exact) mass is 210 g/mol. The zero-order valence-corrected chi connectivity index (χ0v) is 10.2. The van der Waals surface area contributed by atoms with Crippen molar-refractivity contribution in [1.82, 2.24) is 5.16 Å². The Morgan fingerprint density at radius 1 is 1.27 bits per heavy atom. The zero-order valence-electron chi connectivity index (χ0n) is 10.2. The van der Waals surface area contributed by atoms with Crippen molar-refractivity contribution in [3.8, 4) is 0 Å². The summed E-state index contributed by atoms with van der Waals surface area (Å²) in [7, 11) is 0. The van der Waals surface area contributed by atoms with Gasteiger partial charge in [0.1, 0.15) is 5.76 Å². The number of nitrogens with two attached hydrogens (primary N) is 1. The van der Waals surface area contributed by atoms with Crippen LogP contribution >= 0.6 is 0 Å². The highest BCUT2D eigenvalue weighted by molar-refractivity contribution is 5.40. The highest BCUT2D eigenvalue weighted by atomic mass is 16.5. The summed E-state index contributed by atoms with van der Waals surface area (Å²) in [6.07, 6.45) is 3.06. The summed E-state index contributed by atoms with van der Waals surface area (Å²) in [5.74, 6) is 2.77. The van der Waals surface area contributed by atoms with Crippen LogP contribution in [0.15, 0.2) is 4.52 Å². The van der Waals surface area contributed by atoms with Crippen LogP contribution < -0.4 is 5.73 Å². The molecule has 15 heavy (non-hydrogen) atoms. The van der Waals surface area contributed by atoms with Gasteiger partial charge in [-0.25, -0.2) is 0 Å². The summed E-state index contributed by atoms with van der Waals surface area (Å²) in [5, 5.41) is 3.86. The molecular weight excluding hydrogens is 188 g/mol. The largest absolute Gasteiger partial charge is 0.381 e. The van der Waals surface area contributed by atoms with Crippen LogP contribution in [-0.2, 0) is 12.8 Å². The molecule has 0 aromatic carbocycles. The SMILES string of the molecule is CCC(C)Cc1onc(N)c1CC(C)C. The first-order valence-corrected chi connectivity index (χ1v) is 5.77. The van der Waals surface area contributed by atoms with E-state index in [1.807, 2.05) is 0 Å². The lowest BCUT2D eigenvalue weighted by Crippen LogP contribution is -2.03. The molecule has 0 aliphatic heterocycles. The summed E-state index contributed by atoms with van der Waals surface area (Å²) < 4.78 is 5.29. The third-order valence-electron chi connectivity index (χ3n) is 2.74. The highest BCUT2D eigenvalue weighted by Gasteiger charge is 2.16. The van der Waals surface area contributed by atoms with Crippen molar-refractivity contribution in [3.63, 3.8) is 0 Å². The van der Waals surface area contributed by atoms with Gasteiger partial charge in [0, 0.05) is 12.0 Å². The molecule has 0 amide bonds. The average Bonchev–Trinajstić information content (AvgIpc) is 2.49. The predicted molar refractivity (Wildman–Crippen MR) is 62.6 cm³/mol. The first-order chi connectivity index (χ1) is 7.04. The molecule has 0 saturated heterocycles. The Hall–Kier alpha value is -0.990. The highest BCUT2D eigenvalue weighted by Crippen LogP contribution is 2.23. The van der Waals surface area contributed by atoms with Gasteiger partial charge in [-0.3, -0.25) is 0 Å². The van der Waals surface area contributed by atoms with Crippen molar-refractivity contribution in [3.05, 3.63) is 11.3 Å². The van der Waals surface area contributed by atoms with E-state index in [0.29, 0.717) is 17.7 Å². The van der Waals surface area contributed by atoms with Crippen LogP contribution in [0.3, 0.4) is 0 Å². The Balaban J connectivity index is 2.78. The van der Waals surface area contributed by atoms with Gasteiger partial charge in [-0.2, -0.15) is 0 Å². The minimum atomic E-state index is 0.571. The fourth-order valence-corrected chi connectivity index (χ4v) is 1.61. The van der Waals surface area contributed by atoms with Crippen LogP contribution in [0.1, 0.15) is 45.4 Å². The number of anilines is 1. The Morgan fingerprint density at radius 2 is 1.93 bits per heavy atom. The number of nitrogen functional groups attached to an aromatic ring is 1. The fourth-order valence-electron chi connectivity index (χ4n) is 1.61. The first-order valence-electron chi connectivity index (χ1n) is 5.77. The van der Waals surface area contributed by atoms with E-state index >= 15 is 0 Å². The number of hydrogen-bond donors (Lipinski definition) is 1. The Bertz CT molecular complexity index is 305. The molecule has 1 aromatic heterocycles. The van der Waals surface area contributed by atoms with Crippen LogP contribution in [0.5, 0.6) is 0 Å². The Labute approximate surface area is 92.0 Å². The van der Waals surface area contributed by atoms with E-state index in [1.54, 1.807) is 0 Å². The standard InChI is InChI=1S/C12H22N2O/c1-5-9(4)7-11-10(6-8(2)3)12(13)14-15-11/h8-9H,5-7H2,1-4H3,(H2,13,14). The smallest absolute Gasteiger partial charge is 0.170 e. The normalized spacial score (nSPS) is 13.4. The molecule has 1 rings (SSSR count). The second-order valence-electron chi connectivity index (χ2n) is 4.79. The van der Waals surface area contributed by atoms with Gasteiger partial charge in [-0.1, -0.05) is 39.3 Å². The van der Waals surface area contributed by atoms with E-state index in [9.17, 15) is 0 Å². The van der Waals surface area contributed by atoms with Crippen molar-refractivity contribution in [2.75, 3.05) is 5.73 Å². The summed E-state index contributed by atoms with van der Waals surface area (Å²) in [6, 6.07) is 0. The van der Waals surface area contributed by atoms with Crippen LogP contribution in [0.2, 0.25) is 0 Å². The summed E-state index contributed by atoms with van der Waals surface area (Å²) >= 11 is 0. The maximum absolute atomic E-state index is 5.80. The second-order valence-corrected chi connectivity index (χ2v) is 4.79. The van der Waals surface area contributed by atoms with E-state index < -0.39 is 0 Å². The average molecular weight is 210 g/mol. The molecule has 1 unspecified atom stereocenters. The summed E-state index contributed by atoms with van der Waals surface area (Å²) in [6.45, 7) is 8.77. The topological polar surface area (TPSA) is 52.0 Å². The molecule has 0 saturated carbocycles. The fraction of sp³-hybridized carbons (Fsp3) is 0.750. The van der Waals surface area contributed by atoms with Crippen molar-refractivity contribution in [2.45, 2.75) is 47.0 Å². The van der Waals surface area contributed by atoms with Crippen LogP contribution in [0, 0.1) is 11.8 Å². The maximum atomic E-state index is 5.80. The van der Waals surface area contributed by atoms with E-state index in [2.05, 4.69) is 32.9 Å². The van der Waals surface area contributed by atoms with Gasteiger partial charge in [0.25, 0.3) is 0 Å². The summed E-state index contributed by atoms with van der Waals surface area (Å²) in [4.78, 5) is 0. The molecule has 0 aliphatic carbocycles. The van der Waals surface area contributed by atoms with Gasteiger partial charge in [0.2, 0.25) is 0 Å². The third-order valence-corrected chi connectivity index (χ3v) is 2.74.